The molecule has 9 unspecified atom stereocenters. The molecule has 3 N–H and O–H groups in total. The zero-order valence-corrected chi connectivity index (χ0v) is 30.1. The number of carboxylic acid groups (broad SMARTS) is 1. The zero-order chi connectivity index (χ0) is 34.0. The molecule has 1 spiro atoms. The van der Waals surface area contributed by atoms with Gasteiger partial charge in [-0.15, -0.1) is 0 Å². The van der Waals surface area contributed by atoms with Crippen LogP contribution in [0.25, 0.3) is 0 Å². The lowest BCUT2D eigenvalue weighted by Gasteiger charge is -2.64. The van der Waals surface area contributed by atoms with Crippen molar-refractivity contribution in [2.75, 3.05) is 0 Å². The number of ether oxygens (including phenoxy) is 3. The normalized spacial score (nSPS) is 57.8. The fourth-order valence-corrected chi connectivity index (χ4v) is 14.0. The average Bonchev–Trinajstić information content (AvgIpc) is 3.24. The third kappa shape index (κ3) is 4.90. The fourth-order valence-electron chi connectivity index (χ4n) is 14.0. The molecule has 0 radical (unpaired) electrons. The van der Waals surface area contributed by atoms with E-state index in [1.165, 1.54) is 6.42 Å². The fraction of sp³-hybridized carbons (Fsp3) is 0.974. The lowest BCUT2D eigenvalue weighted by Crippen LogP contribution is -2.70. The Morgan fingerprint density at radius 2 is 1.67 bits per heavy atom. The van der Waals surface area contributed by atoms with Gasteiger partial charge in [-0.2, -0.15) is 0 Å². The van der Waals surface area contributed by atoms with Gasteiger partial charge in [-0.1, -0.05) is 34.6 Å². The Bertz CT molecular complexity index is 1250. The second-order valence-corrected chi connectivity index (χ2v) is 18.8. The molecule has 9 heteroatoms. The third-order valence-corrected chi connectivity index (χ3v) is 16.7. The Balaban J connectivity index is 0.975. The van der Waals surface area contributed by atoms with E-state index >= 15 is 0 Å². The Labute approximate surface area is 287 Å². The standard InChI is InChI=1S/C39H62O9/c1-20(8-12-32(42)43)25-10-11-28-33-29(19-31(41)38(25,28)6)36(4)15-13-24(17-23(36)18-30(33)40)44-34-22(3)27-9-7-21(2)26-14-16-37(5)46-35(45-34)39(26,27)48-47-37/h20-31,33-35,40-41H,7-19H2,1-6H3,(H,42,43)/t20-,21-,22-,23?,24-,25-,26?,27?,28?,29?,30-,31+,33?,34?,35?,36+,37?,38-,39-/m1/s1. The van der Waals surface area contributed by atoms with Crippen molar-refractivity contribution >= 4 is 5.97 Å². The topological polar surface area (TPSA) is 124 Å². The summed E-state index contributed by atoms with van der Waals surface area (Å²) < 4.78 is 20.4. The molecule has 272 valence electrons. The largest absolute Gasteiger partial charge is 0.481 e. The molecule has 5 saturated carbocycles. The second-order valence-electron chi connectivity index (χ2n) is 18.8. The minimum Gasteiger partial charge on any atom is -0.481 e. The number of aliphatic hydroxyl groups is 2. The summed E-state index contributed by atoms with van der Waals surface area (Å²) in [4.78, 5) is 23.7. The second kappa shape index (κ2) is 11.9. The predicted octanol–water partition coefficient (Wildman–Crippen LogP) is 6.68. The molecule has 2 bridgehead atoms. The van der Waals surface area contributed by atoms with E-state index in [1.54, 1.807) is 0 Å². The van der Waals surface area contributed by atoms with E-state index in [2.05, 4.69) is 34.6 Å². The summed E-state index contributed by atoms with van der Waals surface area (Å²) in [6.45, 7) is 13.4. The van der Waals surface area contributed by atoms with Crippen molar-refractivity contribution in [3.63, 3.8) is 0 Å². The van der Waals surface area contributed by atoms with Crippen LogP contribution in [0.1, 0.15) is 125 Å². The summed E-state index contributed by atoms with van der Waals surface area (Å²) in [5.41, 5.74) is -0.834. The molecule has 4 saturated heterocycles. The number of hydrogen-bond acceptors (Lipinski definition) is 8. The van der Waals surface area contributed by atoms with Crippen LogP contribution in [0.15, 0.2) is 0 Å². The van der Waals surface area contributed by atoms with Gasteiger partial charge in [0.25, 0.3) is 0 Å². The van der Waals surface area contributed by atoms with Crippen molar-refractivity contribution < 1.29 is 44.1 Å². The van der Waals surface area contributed by atoms with Gasteiger partial charge in [0.1, 0.15) is 0 Å². The molecule has 9 nitrogen and oxygen atoms in total. The van der Waals surface area contributed by atoms with Crippen molar-refractivity contribution in [3.05, 3.63) is 0 Å². The first-order valence-electron chi connectivity index (χ1n) is 19.6. The molecule has 0 aromatic carbocycles. The molecule has 9 rings (SSSR count). The molecule has 0 aromatic heterocycles. The van der Waals surface area contributed by atoms with Crippen molar-refractivity contribution in [1.29, 1.82) is 0 Å². The van der Waals surface area contributed by atoms with Gasteiger partial charge in [0.15, 0.2) is 18.2 Å². The number of carbonyl (C=O) groups is 1. The lowest BCUT2D eigenvalue weighted by molar-refractivity contribution is -0.578. The van der Waals surface area contributed by atoms with Crippen LogP contribution in [0.5, 0.6) is 0 Å². The summed E-state index contributed by atoms with van der Waals surface area (Å²) in [7, 11) is 0. The quantitative estimate of drug-likeness (QED) is 0.209. The van der Waals surface area contributed by atoms with E-state index in [9.17, 15) is 20.1 Å². The van der Waals surface area contributed by atoms with Gasteiger partial charge in [0.2, 0.25) is 5.79 Å². The van der Waals surface area contributed by atoms with Gasteiger partial charge in [-0.05, 0) is 136 Å². The molecule has 5 aliphatic carbocycles. The highest BCUT2D eigenvalue weighted by Gasteiger charge is 2.70. The number of aliphatic hydroxyl groups excluding tert-OH is 2. The monoisotopic (exact) mass is 674 g/mol. The number of aliphatic carboxylic acids is 1. The highest BCUT2D eigenvalue weighted by atomic mass is 17.3. The number of fused-ring (bicyclic) bond motifs is 7. The maximum atomic E-state index is 12.0. The van der Waals surface area contributed by atoms with Crippen LogP contribution < -0.4 is 0 Å². The first-order valence-corrected chi connectivity index (χ1v) is 19.6. The van der Waals surface area contributed by atoms with Gasteiger partial charge in [-0.25, -0.2) is 9.78 Å². The van der Waals surface area contributed by atoms with Crippen LogP contribution in [-0.4, -0.2) is 63.6 Å². The Kier molecular flexibility index (Phi) is 8.47. The van der Waals surface area contributed by atoms with Crippen molar-refractivity contribution in [2.45, 2.75) is 167 Å². The number of hydrogen-bond donors (Lipinski definition) is 3. The molecule has 4 aliphatic heterocycles. The van der Waals surface area contributed by atoms with E-state index in [4.69, 9.17) is 24.0 Å². The minimum atomic E-state index is -0.805. The van der Waals surface area contributed by atoms with Crippen molar-refractivity contribution in [3.8, 4) is 0 Å². The molecule has 0 aromatic rings. The SMILES string of the molecule is C[C@H]1C(O[C@@H]2CC[C@@]3(C)C(C2)C[C@@H](O)C2C3C[C@H](O)[C@@]3(C)C2CC[C@@H]3[C@H](C)CCC(=O)O)OC2OC3(C)CCC4[C@H](C)CCC1[C@@]24OO3. The van der Waals surface area contributed by atoms with Crippen molar-refractivity contribution in [1.82, 2.24) is 0 Å². The van der Waals surface area contributed by atoms with Crippen LogP contribution in [0.4, 0.5) is 0 Å². The molecular weight excluding hydrogens is 612 g/mol. The number of rotatable bonds is 6. The smallest absolute Gasteiger partial charge is 0.303 e. The molecule has 4 heterocycles. The predicted molar refractivity (Wildman–Crippen MR) is 176 cm³/mol. The van der Waals surface area contributed by atoms with E-state index in [-0.39, 0.29) is 71.1 Å². The van der Waals surface area contributed by atoms with Crippen LogP contribution in [0.3, 0.4) is 0 Å². The van der Waals surface area contributed by atoms with Crippen LogP contribution >= 0.6 is 0 Å². The highest BCUT2D eigenvalue weighted by molar-refractivity contribution is 5.66. The average molecular weight is 675 g/mol. The Hall–Kier alpha value is -0.810. The molecule has 0 amide bonds. The van der Waals surface area contributed by atoms with Gasteiger partial charge in [0.05, 0.1) is 18.3 Å². The molecule has 19 atom stereocenters. The Morgan fingerprint density at radius 1 is 0.896 bits per heavy atom. The first kappa shape index (κ1) is 34.3. The lowest BCUT2D eigenvalue weighted by atomic mass is 9.43. The summed E-state index contributed by atoms with van der Waals surface area (Å²) >= 11 is 0. The zero-order valence-electron chi connectivity index (χ0n) is 30.1. The molecule has 9 aliphatic rings. The maximum Gasteiger partial charge on any atom is 0.303 e. The number of carboxylic acids is 1. The van der Waals surface area contributed by atoms with Crippen LogP contribution in [0, 0.1) is 70.0 Å². The van der Waals surface area contributed by atoms with E-state index in [1.807, 2.05) is 6.92 Å². The van der Waals surface area contributed by atoms with Gasteiger partial charge >= 0.3 is 5.97 Å². The summed E-state index contributed by atoms with van der Waals surface area (Å²) in [5.74, 6) is 1.23. The van der Waals surface area contributed by atoms with E-state index in [0.717, 1.165) is 64.2 Å². The van der Waals surface area contributed by atoms with Crippen LogP contribution in [0.2, 0.25) is 0 Å². The summed E-state index contributed by atoms with van der Waals surface area (Å²) in [5, 5.41) is 33.2. The Morgan fingerprint density at radius 3 is 2.44 bits per heavy atom. The molecular formula is C39H62O9. The van der Waals surface area contributed by atoms with Crippen LogP contribution in [-0.2, 0) is 28.8 Å². The van der Waals surface area contributed by atoms with Gasteiger partial charge in [-0.3, -0.25) is 4.79 Å². The van der Waals surface area contributed by atoms with Gasteiger partial charge in [0, 0.05) is 24.7 Å². The highest BCUT2D eigenvalue weighted by Crippen LogP contribution is 2.69. The maximum absolute atomic E-state index is 12.0. The molecule has 9 fully saturated rings. The first-order chi connectivity index (χ1) is 22.7. The summed E-state index contributed by atoms with van der Waals surface area (Å²) in [6.07, 6.45) is 9.56. The van der Waals surface area contributed by atoms with E-state index < -0.39 is 35.9 Å². The third-order valence-electron chi connectivity index (χ3n) is 16.7. The summed E-state index contributed by atoms with van der Waals surface area (Å²) in [6, 6.07) is 0. The van der Waals surface area contributed by atoms with E-state index in [0.29, 0.717) is 24.2 Å². The van der Waals surface area contributed by atoms with Gasteiger partial charge < -0.3 is 29.5 Å². The molecule has 48 heavy (non-hydrogen) atoms. The minimum absolute atomic E-state index is 0.0399. The van der Waals surface area contributed by atoms with Crippen molar-refractivity contribution in [2.24, 2.45) is 70.0 Å².